The molecule has 0 saturated heterocycles. The SMILES string of the molecule is c1cc(-c2ccc3c(c2)c2ccc4c5c2n3-c2ccccc2-c2cccc(c2-5)C4(c2ccc3ccccc3c2)c2ccc3ccccc3c2)cc(N(c2ccc3c(c2)C2(c4ccccc4-c4ccccc42)c2ccccc2-3)c2ccc3c(c2)oc2ccccc23)c1. The highest BCUT2D eigenvalue weighted by molar-refractivity contribution is 6.20. The van der Waals surface area contributed by atoms with Gasteiger partial charge in [-0.2, -0.15) is 0 Å². The molecule has 3 nitrogen and oxygen atoms in total. The van der Waals surface area contributed by atoms with Crippen molar-refractivity contribution >= 4 is 82.4 Å². The molecule has 0 atom stereocenters. The van der Waals surface area contributed by atoms with Crippen LogP contribution in [0.5, 0.6) is 0 Å². The first-order valence-electron chi connectivity index (χ1n) is 31.7. The number of nitrogens with zero attached hydrogens (tertiary/aromatic N) is 2. The third kappa shape index (κ3) is 6.36. The Kier molecular flexibility index (Phi) is 9.71. The van der Waals surface area contributed by atoms with Crippen molar-refractivity contribution in [2.75, 3.05) is 4.90 Å². The van der Waals surface area contributed by atoms with Gasteiger partial charge in [-0.05, 0) is 183 Å². The highest BCUT2D eigenvalue weighted by Crippen LogP contribution is 2.65. The Bertz CT molecular complexity index is 5930. The number of hydrogen-bond donors (Lipinski definition) is 0. The Hall–Kier alpha value is -11.8. The van der Waals surface area contributed by atoms with Gasteiger partial charge in [0.25, 0.3) is 0 Å². The van der Waals surface area contributed by atoms with Gasteiger partial charge in [-0.15, -0.1) is 0 Å². The quantitative estimate of drug-likeness (QED) is 0.165. The van der Waals surface area contributed by atoms with E-state index in [2.05, 4.69) is 325 Å². The molecule has 0 bridgehead atoms. The van der Waals surface area contributed by atoms with Crippen molar-refractivity contribution in [3.05, 3.63) is 360 Å². The van der Waals surface area contributed by atoms with Gasteiger partial charge in [0.05, 0.1) is 27.6 Å². The predicted molar refractivity (Wildman–Crippen MR) is 376 cm³/mol. The molecule has 1 spiro atoms. The lowest BCUT2D eigenvalue weighted by Crippen LogP contribution is -2.28. The molecule has 0 fully saturated rings. The van der Waals surface area contributed by atoms with Crippen LogP contribution in [-0.4, -0.2) is 4.57 Å². The monoisotopic (exact) mass is 1150 g/mol. The molecule has 15 aromatic carbocycles. The summed E-state index contributed by atoms with van der Waals surface area (Å²) in [5.41, 5.74) is 30.3. The molecule has 3 heterocycles. The minimum atomic E-state index is -0.627. The van der Waals surface area contributed by atoms with E-state index in [1.54, 1.807) is 0 Å². The fourth-order valence-electron chi connectivity index (χ4n) is 17.5. The molecule has 0 amide bonds. The number of furan rings is 1. The van der Waals surface area contributed by atoms with E-state index in [1.807, 2.05) is 0 Å². The van der Waals surface area contributed by atoms with E-state index in [9.17, 15) is 0 Å². The second-order valence-corrected chi connectivity index (χ2v) is 25.4. The van der Waals surface area contributed by atoms with Crippen LogP contribution in [-0.2, 0) is 10.8 Å². The van der Waals surface area contributed by atoms with Crippen molar-refractivity contribution in [3.63, 3.8) is 0 Å². The molecule has 2 aromatic heterocycles. The summed E-state index contributed by atoms with van der Waals surface area (Å²) >= 11 is 0. The molecule has 0 N–H and O–H groups in total. The van der Waals surface area contributed by atoms with Crippen molar-refractivity contribution in [1.29, 1.82) is 0 Å². The fraction of sp³-hybridized carbons (Fsp3) is 0.0227. The third-order valence-electron chi connectivity index (χ3n) is 21.1. The highest BCUT2D eigenvalue weighted by atomic mass is 16.3. The van der Waals surface area contributed by atoms with Crippen LogP contribution in [0.15, 0.2) is 320 Å². The van der Waals surface area contributed by atoms with Gasteiger partial charge in [-0.25, -0.2) is 0 Å². The van der Waals surface area contributed by atoms with E-state index in [1.165, 1.54) is 138 Å². The molecule has 91 heavy (non-hydrogen) atoms. The van der Waals surface area contributed by atoms with Crippen LogP contribution in [0.4, 0.5) is 17.1 Å². The number of aromatic nitrogens is 1. The van der Waals surface area contributed by atoms with E-state index in [-0.39, 0.29) is 0 Å². The van der Waals surface area contributed by atoms with Crippen molar-refractivity contribution < 1.29 is 4.42 Å². The molecule has 3 aliphatic carbocycles. The molecule has 3 heteroatoms. The summed E-state index contributed by atoms with van der Waals surface area (Å²) < 4.78 is 9.29. The van der Waals surface area contributed by atoms with Crippen molar-refractivity contribution in [1.82, 2.24) is 4.57 Å². The van der Waals surface area contributed by atoms with Gasteiger partial charge < -0.3 is 13.9 Å². The second kappa shape index (κ2) is 17.9. The Morgan fingerprint density at radius 3 is 1.55 bits per heavy atom. The number of benzene rings is 15. The molecule has 4 aliphatic rings. The van der Waals surface area contributed by atoms with Gasteiger partial charge in [0, 0.05) is 55.8 Å². The molecule has 17 aromatic rings. The lowest BCUT2D eigenvalue weighted by atomic mass is 9.67. The lowest BCUT2D eigenvalue weighted by molar-refractivity contribution is 0.669. The summed E-state index contributed by atoms with van der Waals surface area (Å²) in [5, 5.41) is 9.62. The topological polar surface area (TPSA) is 21.3 Å². The van der Waals surface area contributed by atoms with E-state index >= 15 is 0 Å². The molecule has 0 unspecified atom stereocenters. The van der Waals surface area contributed by atoms with Crippen molar-refractivity contribution in [2.24, 2.45) is 0 Å². The zero-order valence-corrected chi connectivity index (χ0v) is 49.3. The van der Waals surface area contributed by atoms with Gasteiger partial charge in [-0.1, -0.05) is 237 Å². The van der Waals surface area contributed by atoms with E-state index in [0.29, 0.717) is 0 Å². The number of hydrogen-bond acceptors (Lipinski definition) is 2. The van der Waals surface area contributed by atoms with Crippen LogP contribution < -0.4 is 4.90 Å². The summed E-state index contributed by atoms with van der Waals surface area (Å²) in [7, 11) is 0. The predicted octanol–water partition coefficient (Wildman–Crippen LogP) is 22.8. The van der Waals surface area contributed by atoms with Gasteiger partial charge >= 0.3 is 0 Å². The average Bonchev–Trinajstić information content (AvgIpc) is 1.52. The maximum absolute atomic E-state index is 6.70. The van der Waals surface area contributed by atoms with Crippen LogP contribution in [0.25, 0.3) is 127 Å². The molecule has 1 aliphatic heterocycles. The number of fused-ring (bicyclic) bond motifs is 21. The summed E-state index contributed by atoms with van der Waals surface area (Å²) in [6.07, 6.45) is 0. The Labute approximate surface area is 525 Å². The van der Waals surface area contributed by atoms with Gasteiger partial charge in [0.2, 0.25) is 0 Å². The summed E-state index contributed by atoms with van der Waals surface area (Å²) in [5.74, 6) is 0. The zero-order valence-electron chi connectivity index (χ0n) is 49.3. The van der Waals surface area contributed by atoms with Crippen LogP contribution in [0, 0.1) is 0 Å². The largest absolute Gasteiger partial charge is 0.456 e. The molecule has 0 saturated carbocycles. The molecule has 420 valence electrons. The third-order valence-corrected chi connectivity index (χ3v) is 21.1. The summed E-state index contributed by atoms with van der Waals surface area (Å²) in [6.45, 7) is 0. The Balaban J connectivity index is 0.783. The number of para-hydroxylation sites is 2. The first-order chi connectivity index (χ1) is 45.1. The van der Waals surface area contributed by atoms with Gasteiger partial charge in [0.1, 0.15) is 11.2 Å². The maximum atomic E-state index is 6.70. The van der Waals surface area contributed by atoms with E-state index in [4.69, 9.17) is 4.42 Å². The standard InChI is InChI=1S/C88H52N2O/c1-3-19-55-47-59(38-35-53(55)17-1)87(60-39-36-54-18-2-4-20-56(54)48-60)77-32-16-28-71-68-26-8-13-33-80(68)90-81-46-37-58(50-73(81)72-44-45-78(87)85(84(71)77)86(72)90)57-21-15-22-61(49-57)89(63-41-43-70-69-27-9-14-34-82(69)91-83(70)52-63)62-40-42-67-66-25-7-12-31-76(66)88(79(67)51-62)74-29-10-5-23-64(74)65-24-6-11-30-75(65)88/h1-52H. The number of anilines is 3. The van der Waals surface area contributed by atoms with Crippen molar-refractivity contribution in [2.45, 2.75) is 10.8 Å². The zero-order chi connectivity index (χ0) is 59.3. The average molecular weight is 1150 g/mol. The Morgan fingerprint density at radius 2 is 0.813 bits per heavy atom. The minimum absolute atomic E-state index is 0.501. The molecule has 21 rings (SSSR count). The van der Waals surface area contributed by atoms with E-state index < -0.39 is 10.8 Å². The molecular formula is C88H52N2O. The normalized spacial score (nSPS) is 13.9. The van der Waals surface area contributed by atoms with E-state index in [0.717, 1.165) is 50.1 Å². The Morgan fingerprint density at radius 1 is 0.275 bits per heavy atom. The summed E-state index contributed by atoms with van der Waals surface area (Å²) in [4.78, 5) is 2.45. The smallest absolute Gasteiger partial charge is 0.137 e. The van der Waals surface area contributed by atoms with Gasteiger partial charge in [0.15, 0.2) is 0 Å². The maximum Gasteiger partial charge on any atom is 0.137 e. The first-order valence-corrected chi connectivity index (χ1v) is 31.7. The van der Waals surface area contributed by atoms with Crippen LogP contribution in [0.2, 0.25) is 0 Å². The second-order valence-electron chi connectivity index (χ2n) is 25.4. The minimum Gasteiger partial charge on any atom is -0.456 e. The van der Waals surface area contributed by atoms with Crippen molar-refractivity contribution in [3.8, 4) is 61.3 Å². The lowest BCUT2D eigenvalue weighted by Gasteiger charge is -2.34. The summed E-state index contributed by atoms with van der Waals surface area (Å²) in [6, 6.07) is 119. The van der Waals surface area contributed by atoms with Crippen LogP contribution in [0.3, 0.4) is 0 Å². The number of rotatable bonds is 6. The van der Waals surface area contributed by atoms with Gasteiger partial charge in [-0.3, -0.25) is 0 Å². The highest BCUT2D eigenvalue weighted by Gasteiger charge is 2.52. The molecule has 0 radical (unpaired) electrons. The first kappa shape index (κ1) is 49.2. The van der Waals surface area contributed by atoms with Crippen LogP contribution >= 0.6 is 0 Å². The fourth-order valence-corrected chi connectivity index (χ4v) is 17.5. The molecular weight excluding hydrogens is 1100 g/mol. The van der Waals surface area contributed by atoms with Crippen LogP contribution in [0.1, 0.15) is 44.5 Å².